The first-order valence-corrected chi connectivity index (χ1v) is 9.51. The molecular weight excluding hydrogens is 338 g/mol. The van der Waals surface area contributed by atoms with E-state index < -0.39 is 0 Å². The summed E-state index contributed by atoms with van der Waals surface area (Å²) in [6.07, 6.45) is 2.22. The van der Waals surface area contributed by atoms with Crippen molar-refractivity contribution in [2.24, 2.45) is 0 Å². The molecule has 138 valence electrons. The van der Waals surface area contributed by atoms with Gasteiger partial charge in [-0.05, 0) is 37.1 Å². The Balaban J connectivity index is 1.24. The Labute approximate surface area is 157 Å². The molecule has 6 heteroatoms. The van der Waals surface area contributed by atoms with Crippen molar-refractivity contribution in [1.82, 2.24) is 20.0 Å². The lowest BCUT2D eigenvalue weighted by Crippen LogP contribution is -2.43. The molecule has 0 aliphatic carbocycles. The third-order valence-electron chi connectivity index (χ3n) is 5.61. The van der Waals surface area contributed by atoms with Crippen LogP contribution in [0.15, 0.2) is 53.1 Å². The van der Waals surface area contributed by atoms with E-state index in [0.29, 0.717) is 6.04 Å². The number of nitrogens with zero attached hydrogens (tertiary/aromatic N) is 4. The average molecular weight is 361 g/mol. The predicted octanol–water partition coefficient (Wildman–Crippen LogP) is 3.80. The lowest BCUT2D eigenvalue weighted by Gasteiger charge is -2.36. The molecule has 0 radical (unpaired) electrons. The fourth-order valence-electron chi connectivity index (χ4n) is 4.06. The van der Waals surface area contributed by atoms with Crippen LogP contribution in [0.3, 0.4) is 0 Å². The molecule has 0 saturated carbocycles. The largest absolute Gasteiger partial charge is 0.354 e. The molecule has 2 aromatic carbocycles. The van der Waals surface area contributed by atoms with E-state index in [-0.39, 0.29) is 0 Å². The van der Waals surface area contributed by atoms with Gasteiger partial charge in [0.2, 0.25) is 0 Å². The number of fused-ring (bicyclic) bond motifs is 2. The molecule has 4 aromatic rings. The van der Waals surface area contributed by atoms with Crippen molar-refractivity contribution >= 4 is 27.8 Å². The number of likely N-dealkylation sites (tertiary alicyclic amines) is 1. The van der Waals surface area contributed by atoms with Crippen molar-refractivity contribution in [3.05, 3.63) is 54.4 Å². The van der Waals surface area contributed by atoms with E-state index in [4.69, 9.17) is 9.51 Å². The van der Waals surface area contributed by atoms with Crippen molar-refractivity contribution in [2.75, 3.05) is 25.0 Å². The smallest absolute Gasteiger partial charge is 0.179 e. The summed E-state index contributed by atoms with van der Waals surface area (Å²) in [6, 6.07) is 16.7. The minimum Gasteiger partial charge on any atom is -0.354 e. The van der Waals surface area contributed by atoms with E-state index in [1.54, 1.807) is 0 Å². The maximum atomic E-state index is 5.48. The minimum absolute atomic E-state index is 0.477. The third kappa shape index (κ3) is 3.06. The third-order valence-corrected chi connectivity index (χ3v) is 5.61. The van der Waals surface area contributed by atoms with Gasteiger partial charge in [0.05, 0.1) is 23.0 Å². The number of para-hydroxylation sites is 3. The van der Waals surface area contributed by atoms with Crippen LogP contribution in [0.25, 0.3) is 22.0 Å². The fraction of sp³-hybridized carbons (Fsp3) is 0.333. The summed E-state index contributed by atoms with van der Waals surface area (Å²) in [5.74, 6) is 1.99. The number of imidazole rings is 1. The Kier molecular flexibility index (Phi) is 4.05. The average Bonchev–Trinajstić information content (AvgIpc) is 3.31. The molecule has 1 aliphatic heterocycles. The van der Waals surface area contributed by atoms with Gasteiger partial charge in [-0.1, -0.05) is 29.4 Å². The van der Waals surface area contributed by atoms with Crippen molar-refractivity contribution < 1.29 is 4.52 Å². The summed E-state index contributed by atoms with van der Waals surface area (Å²) in [4.78, 5) is 12.9. The highest BCUT2D eigenvalue weighted by molar-refractivity contribution is 5.88. The van der Waals surface area contributed by atoms with Gasteiger partial charge in [-0.25, -0.2) is 4.98 Å². The number of piperidine rings is 1. The summed E-state index contributed by atoms with van der Waals surface area (Å²) in [7, 11) is 2.13. The Morgan fingerprint density at radius 1 is 1.11 bits per heavy atom. The van der Waals surface area contributed by atoms with Crippen LogP contribution in [-0.2, 0) is 6.54 Å². The van der Waals surface area contributed by atoms with E-state index in [0.717, 1.165) is 66.1 Å². The predicted molar refractivity (Wildman–Crippen MR) is 107 cm³/mol. The Morgan fingerprint density at radius 2 is 1.89 bits per heavy atom. The van der Waals surface area contributed by atoms with Crippen molar-refractivity contribution in [1.29, 1.82) is 0 Å². The number of hydrogen-bond donors (Lipinski definition) is 1. The molecule has 1 aliphatic rings. The van der Waals surface area contributed by atoms with Gasteiger partial charge in [0.15, 0.2) is 11.4 Å². The number of hydrogen-bond acceptors (Lipinski definition) is 5. The maximum absolute atomic E-state index is 5.48. The Morgan fingerprint density at radius 3 is 2.74 bits per heavy atom. The highest BCUT2D eigenvalue weighted by Crippen LogP contribution is 2.29. The van der Waals surface area contributed by atoms with Gasteiger partial charge in [0.1, 0.15) is 5.82 Å². The van der Waals surface area contributed by atoms with E-state index in [9.17, 15) is 0 Å². The second-order valence-electron chi connectivity index (χ2n) is 7.32. The molecule has 1 saturated heterocycles. The van der Waals surface area contributed by atoms with Crippen LogP contribution in [0.1, 0.15) is 18.7 Å². The highest BCUT2D eigenvalue weighted by atomic mass is 16.5. The summed E-state index contributed by atoms with van der Waals surface area (Å²) in [5, 5.41) is 5.39. The second kappa shape index (κ2) is 6.70. The minimum atomic E-state index is 0.477. The van der Waals surface area contributed by atoms with Gasteiger partial charge in [-0.2, -0.15) is 0 Å². The standard InChI is InChI=1S/C21H23N5O/c1-25(21-16-6-2-5-9-19(16)27-24-21)15-10-12-26(13-11-15)14-20-22-17-7-3-4-8-18(17)23-20/h2-9,15H,10-14H2,1H3,(H,22,23). The number of H-pyrrole nitrogens is 1. The Bertz CT molecular complexity index is 1030. The van der Waals surface area contributed by atoms with Gasteiger partial charge in [0, 0.05) is 26.2 Å². The topological polar surface area (TPSA) is 61.2 Å². The van der Waals surface area contributed by atoms with Gasteiger partial charge < -0.3 is 14.4 Å². The van der Waals surface area contributed by atoms with Crippen molar-refractivity contribution in [3.8, 4) is 0 Å². The van der Waals surface area contributed by atoms with Gasteiger partial charge >= 0.3 is 0 Å². The van der Waals surface area contributed by atoms with Crippen LogP contribution >= 0.6 is 0 Å². The van der Waals surface area contributed by atoms with E-state index in [2.05, 4.69) is 45.2 Å². The molecule has 0 bridgehead atoms. The fourth-order valence-corrected chi connectivity index (χ4v) is 4.06. The van der Waals surface area contributed by atoms with Gasteiger partial charge in [-0.15, -0.1) is 0 Å². The number of rotatable bonds is 4. The number of aromatic amines is 1. The van der Waals surface area contributed by atoms with Gasteiger partial charge in [-0.3, -0.25) is 4.90 Å². The Hall–Kier alpha value is -2.86. The molecule has 0 amide bonds. The summed E-state index contributed by atoms with van der Waals surface area (Å²) >= 11 is 0. The quantitative estimate of drug-likeness (QED) is 0.599. The molecule has 5 rings (SSSR count). The lowest BCUT2D eigenvalue weighted by atomic mass is 10.0. The first-order valence-electron chi connectivity index (χ1n) is 9.51. The first-order chi connectivity index (χ1) is 13.3. The monoisotopic (exact) mass is 361 g/mol. The zero-order valence-corrected chi connectivity index (χ0v) is 15.4. The van der Waals surface area contributed by atoms with Crippen LogP contribution in [-0.4, -0.2) is 46.2 Å². The van der Waals surface area contributed by atoms with Crippen LogP contribution in [0.5, 0.6) is 0 Å². The molecule has 6 nitrogen and oxygen atoms in total. The summed E-state index contributed by atoms with van der Waals surface area (Å²) in [6.45, 7) is 2.99. The molecule has 3 heterocycles. The zero-order chi connectivity index (χ0) is 18.2. The van der Waals surface area contributed by atoms with Crippen LogP contribution in [0, 0.1) is 0 Å². The number of aromatic nitrogens is 3. The second-order valence-corrected chi connectivity index (χ2v) is 7.32. The molecule has 2 aromatic heterocycles. The zero-order valence-electron chi connectivity index (χ0n) is 15.4. The molecule has 0 atom stereocenters. The lowest BCUT2D eigenvalue weighted by molar-refractivity contribution is 0.199. The van der Waals surface area contributed by atoms with Gasteiger partial charge in [0.25, 0.3) is 0 Å². The number of nitrogens with one attached hydrogen (secondary N) is 1. The number of anilines is 1. The summed E-state index contributed by atoms with van der Waals surface area (Å²) < 4.78 is 5.48. The van der Waals surface area contributed by atoms with Crippen molar-refractivity contribution in [3.63, 3.8) is 0 Å². The highest BCUT2D eigenvalue weighted by Gasteiger charge is 2.25. The van der Waals surface area contributed by atoms with Crippen LogP contribution in [0.4, 0.5) is 5.82 Å². The molecule has 27 heavy (non-hydrogen) atoms. The molecule has 1 N–H and O–H groups in total. The molecule has 0 unspecified atom stereocenters. The van der Waals surface area contributed by atoms with Crippen LogP contribution in [0.2, 0.25) is 0 Å². The SMILES string of the molecule is CN(c1noc2ccccc12)C1CCN(Cc2nc3ccccc3[nH]2)CC1. The van der Waals surface area contributed by atoms with E-state index >= 15 is 0 Å². The van der Waals surface area contributed by atoms with E-state index in [1.165, 1.54) is 0 Å². The maximum Gasteiger partial charge on any atom is 0.179 e. The van der Waals surface area contributed by atoms with E-state index in [1.807, 2.05) is 30.3 Å². The molecular formula is C21H23N5O. The molecule has 1 fully saturated rings. The normalized spacial score (nSPS) is 16.3. The van der Waals surface area contributed by atoms with Crippen molar-refractivity contribution in [2.45, 2.75) is 25.4 Å². The van der Waals surface area contributed by atoms with Crippen LogP contribution < -0.4 is 4.90 Å². The molecule has 0 spiro atoms. The summed E-state index contributed by atoms with van der Waals surface area (Å²) in [5.41, 5.74) is 3.00. The number of benzene rings is 2. The first kappa shape index (κ1) is 16.3.